The summed E-state index contributed by atoms with van der Waals surface area (Å²) in [4.78, 5) is 7.94. The van der Waals surface area contributed by atoms with Crippen molar-refractivity contribution in [1.82, 2.24) is 9.97 Å². The van der Waals surface area contributed by atoms with Crippen LogP contribution in [0.5, 0.6) is 0 Å². The number of rotatable bonds is 1. The fraction of sp³-hybridized carbons (Fsp3) is 0.333. The van der Waals surface area contributed by atoms with Crippen LogP contribution in [0.1, 0.15) is 11.4 Å². The predicted octanol–water partition coefficient (Wildman–Crippen LogP) is 1.32. The third kappa shape index (κ3) is 2.61. The van der Waals surface area contributed by atoms with E-state index in [1.807, 2.05) is 0 Å². The van der Waals surface area contributed by atoms with E-state index in [0.29, 0.717) is 11.7 Å². The first-order chi connectivity index (χ1) is 4.74. The van der Waals surface area contributed by atoms with Crippen LogP contribution in [-0.2, 0) is 6.54 Å². The molecule has 0 aromatic carbocycles. The molecule has 0 saturated carbocycles. The van der Waals surface area contributed by atoms with Crippen molar-refractivity contribution in [2.24, 2.45) is 5.73 Å². The van der Waals surface area contributed by atoms with Gasteiger partial charge >= 0.3 is 0 Å². The molecule has 1 aromatic rings. The second-order valence-corrected chi connectivity index (χ2v) is 2.30. The van der Waals surface area contributed by atoms with Crippen molar-refractivity contribution in [1.29, 1.82) is 0 Å². The van der Waals surface area contributed by atoms with Crippen LogP contribution >= 0.6 is 24.0 Å². The number of halogens is 2. The molecule has 0 saturated heterocycles. The Morgan fingerprint density at radius 2 is 2.27 bits per heavy atom. The Bertz CT molecular complexity index is 239. The van der Waals surface area contributed by atoms with E-state index in [9.17, 15) is 0 Å². The fourth-order valence-electron chi connectivity index (χ4n) is 0.613. The maximum atomic E-state index is 5.62. The summed E-state index contributed by atoms with van der Waals surface area (Å²) in [7, 11) is 0. The molecule has 1 rings (SSSR count). The Labute approximate surface area is 76.4 Å². The Hall–Kier alpha value is -0.380. The first kappa shape index (κ1) is 10.6. The van der Waals surface area contributed by atoms with Gasteiger partial charge in [-0.25, -0.2) is 4.98 Å². The Kier molecular flexibility index (Phi) is 4.33. The van der Waals surface area contributed by atoms with Gasteiger partial charge < -0.3 is 5.73 Å². The second-order valence-electron chi connectivity index (χ2n) is 1.94. The van der Waals surface area contributed by atoms with Crippen molar-refractivity contribution >= 4 is 24.0 Å². The van der Waals surface area contributed by atoms with Gasteiger partial charge in [-0.3, -0.25) is 4.98 Å². The van der Waals surface area contributed by atoms with Gasteiger partial charge in [-0.1, -0.05) is 11.6 Å². The van der Waals surface area contributed by atoms with E-state index in [0.717, 1.165) is 11.4 Å². The Morgan fingerprint density at radius 1 is 1.64 bits per heavy atom. The number of hydrogen-bond acceptors (Lipinski definition) is 3. The van der Waals surface area contributed by atoms with E-state index >= 15 is 0 Å². The second kappa shape index (κ2) is 4.49. The highest BCUT2D eigenvalue weighted by atomic mass is 35.5. The highest BCUT2D eigenvalue weighted by molar-refractivity contribution is 6.29. The van der Waals surface area contributed by atoms with Gasteiger partial charge in [-0.05, 0) is 6.92 Å². The molecule has 11 heavy (non-hydrogen) atoms. The minimum Gasteiger partial charge on any atom is -0.325 e. The summed E-state index contributed by atoms with van der Waals surface area (Å²) >= 11 is 5.62. The van der Waals surface area contributed by atoms with E-state index in [1.165, 1.54) is 0 Å². The third-order valence-electron chi connectivity index (χ3n) is 1.15. The number of aryl methyl sites for hydroxylation is 1. The zero-order chi connectivity index (χ0) is 7.56. The molecule has 0 amide bonds. The van der Waals surface area contributed by atoms with Crippen molar-refractivity contribution in [2.75, 3.05) is 0 Å². The standard InChI is InChI=1S/C6H8ClN3.ClH/c1-4-6(7)9-3-5(2-8)10-4;/h3H,2,8H2,1H3;1H. The molecular weight excluding hydrogens is 185 g/mol. The van der Waals surface area contributed by atoms with E-state index in [2.05, 4.69) is 9.97 Å². The summed E-state index contributed by atoms with van der Waals surface area (Å²) in [5.41, 5.74) is 6.82. The van der Waals surface area contributed by atoms with Crippen LogP contribution in [0, 0.1) is 6.92 Å². The average Bonchev–Trinajstić information content (AvgIpc) is 1.95. The van der Waals surface area contributed by atoms with Crippen LogP contribution in [0.25, 0.3) is 0 Å². The molecular formula is C6H9Cl2N3. The quantitative estimate of drug-likeness (QED) is 0.733. The Morgan fingerprint density at radius 3 is 2.73 bits per heavy atom. The molecule has 2 N–H and O–H groups in total. The van der Waals surface area contributed by atoms with Gasteiger partial charge in [-0.2, -0.15) is 0 Å². The predicted molar refractivity (Wildman–Crippen MR) is 46.9 cm³/mol. The van der Waals surface area contributed by atoms with Gasteiger partial charge in [0.2, 0.25) is 0 Å². The molecule has 0 fully saturated rings. The minimum absolute atomic E-state index is 0. The summed E-state index contributed by atoms with van der Waals surface area (Å²) in [5, 5.41) is 0.442. The fourth-order valence-corrected chi connectivity index (χ4v) is 0.704. The van der Waals surface area contributed by atoms with Crippen molar-refractivity contribution in [3.63, 3.8) is 0 Å². The SMILES string of the molecule is Cc1nc(CN)cnc1Cl.Cl. The molecule has 0 bridgehead atoms. The van der Waals surface area contributed by atoms with E-state index in [4.69, 9.17) is 17.3 Å². The molecule has 62 valence electrons. The zero-order valence-corrected chi connectivity index (χ0v) is 7.61. The summed E-state index contributed by atoms with van der Waals surface area (Å²) < 4.78 is 0. The van der Waals surface area contributed by atoms with Crippen LogP contribution in [0.15, 0.2) is 6.20 Å². The zero-order valence-electron chi connectivity index (χ0n) is 6.04. The maximum absolute atomic E-state index is 5.62. The molecule has 0 aliphatic heterocycles. The topological polar surface area (TPSA) is 51.8 Å². The largest absolute Gasteiger partial charge is 0.325 e. The molecule has 0 spiro atoms. The summed E-state index contributed by atoms with van der Waals surface area (Å²) in [5.74, 6) is 0. The molecule has 0 aliphatic carbocycles. The molecule has 5 heteroatoms. The van der Waals surface area contributed by atoms with Crippen molar-refractivity contribution in [2.45, 2.75) is 13.5 Å². The number of aromatic nitrogens is 2. The minimum atomic E-state index is 0. The lowest BCUT2D eigenvalue weighted by Gasteiger charge is -1.97. The first-order valence-corrected chi connectivity index (χ1v) is 3.30. The van der Waals surface area contributed by atoms with Crippen LogP contribution in [0.3, 0.4) is 0 Å². The Balaban J connectivity index is 0.000001000. The molecule has 0 atom stereocenters. The molecule has 1 aromatic heterocycles. The van der Waals surface area contributed by atoms with Crippen molar-refractivity contribution in [3.8, 4) is 0 Å². The number of nitrogens with two attached hydrogens (primary N) is 1. The molecule has 3 nitrogen and oxygen atoms in total. The monoisotopic (exact) mass is 193 g/mol. The van der Waals surface area contributed by atoms with Gasteiger partial charge in [0.25, 0.3) is 0 Å². The van der Waals surface area contributed by atoms with Gasteiger partial charge in [0.15, 0.2) is 0 Å². The van der Waals surface area contributed by atoms with Crippen molar-refractivity contribution in [3.05, 3.63) is 22.7 Å². The van der Waals surface area contributed by atoms with Crippen LogP contribution in [-0.4, -0.2) is 9.97 Å². The van der Waals surface area contributed by atoms with Gasteiger partial charge in [0.05, 0.1) is 17.6 Å². The van der Waals surface area contributed by atoms with Crippen molar-refractivity contribution < 1.29 is 0 Å². The normalized spacial score (nSPS) is 9.00. The lowest BCUT2D eigenvalue weighted by molar-refractivity contribution is 0.939. The van der Waals surface area contributed by atoms with Crippen LogP contribution < -0.4 is 5.73 Å². The van der Waals surface area contributed by atoms with E-state index < -0.39 is 0 Å². The van der Waals surface area contributed by atoms with E-state index in [1.54, 1.807) is 13.1 Å². The molecule has 0 radical (unpaired) electrons. The molecule has 1 heterocycles. The highest BCUT2D eigenvalue weighted by Gasteiger charge is 1.97. The molecule has 0 unspecified atom stereocenters. The third-order valence-corrected chi connectivity index (χ3v) is 1.52. The molecule has 0 aliphatic rings. The average molecular weight is 194 g/mol. The highest BCUT2D eigenvalue weighted by Crippen LogP contribution is 2.07. The summed E-state index contributed by atoms with van der Waals surface area (Å²) in [6.07, 6.45) is 1.58. The smallest absolute Gasteiger partial charge is 0.150 e. The summed E-state index contributed by atoms with van der Waals surface area (Å²) in [6, 6.07) is 0. The number of hydrogen-bond donors (Lipinski definition) is 1. The first-order valence-electron chi connectivity index (χ1n) is 2.92. The maximum Gasteiger partial charge on any atom is 0.150 e. The summed E-state index contributed by atoms with van der Waals surface area (Å²) in [6.45, 7) is 2.21. The van der Waals surface area contributed by atoms with Gasteiger partial charge in [0, 0.05) is 6.54 Å². The van der Waals surface area contributed by atoms with Crippen LogP contribution in [0.4, 0.5) is 0 Å². The lowest BCUT2D eigenvalue weighted by Crippen LogP contribution is -2.01. The van der Waals surface area contributed by atoms with E-state index in [-0.39, 0.29) is 12.4 Å². The number of nitrogens with zero attached hydrogens (tertiary/aromatic N) is 2. The van der Waals surface area contributed by atoms with Gasteiger partial charge in [-0.15, -0.1) is 12.4 Å². The lowest BCUT2D eigenvalue weighted by atomic mass is 10.4. The van der Waals surface area contributed by atoms with Gasteiger partial charge in [0.1, 0.15) is 5.15 Å². The van der Waals surface area contributed by atoms with Crippen LogP contribution in [0.2, 0.25) is 5.15 Å².